The highest BCUT2D eigenvalue weighted by Gasteiger charge is 2.11. The second kappa shape index (κ2) is 5.93. The van der Waals surface area contributed by atoms with E-state index in [-0.39, 0.29) is 5.91 Å². The number of hydrogen-bond donors (Lipinski definition) is 2. The molecule has 0 aliphatic carbocycles. The highest BCUT2D eigenvalue weighted by atomic mass is 79.9. The molecule has 0 spiro atoms. The number of H-pyrrole nitrogens is 1. The highest BCUT2D eigenvalue weighted by molar-refractivity contribution is 9.10. The van der Waals surface area contributed by atoms with Crippen LogP contribution in [0.3, 0.4) is 0 Å². The van der Waals surface area contributed by atoms with Gasteiger partial charge in [-0.2, -0.15) is 5.10 Å². The Morgan fingerprint density at radius 1 is 1.05 bits per heavy atom. The van der Waals surface area contributed by atoms with Gasteiger partial charge in [-0.05, 0) is 33.6 Å². The summed E-state index contributed by atoms with van der Waals surface area (Å²) in [7, 11) is 0. The standard InChI is InChI=1S/C16H12BrN3O/c17-13-9-5-4-8-12(13)16(21)18-15-10-14(19-20-15)11-6-2-1-3-7-11/h1-10H,(H2,18,19,20,21). The van der Waals surface area contributed by atoms with Crippen LogP contribution >= 0.6 is 15.9 Å². The number of carbonyl (C=O) groups is 1. The molecule has 0 fully saturated rings. The van der Waals surface area contributed by atoms with Crippen molar-refractivity contribution in [2.75, 3.05) is 5.32 Å². The Morgan fingerprint density at radius 3 is 2.52 bits per heavy atom. The molecular formula is C16H12BrN3O. The van der Waals surface area contributed by atoms with Gasteiger partial charge in [-0.15, -0.1) is 0 Å². The lowest BCUT2D eigenvalue weighted by Gasteiger charge is -2.03. The topological polar surface area (TPSA) is 57.8 Å². The third kappa shape index (κ3) is 3.03. The second-order valence-corrected chi connectivity index (χ2v) is 5.32. The monoisotopic (exact) mass is 341 g/mol. The lowest BCUT2D eigenvalue weighted by atomic mass is 10.1. The fourth-order valence-electron chi connectivity index (χ4n) is 1.98. The van der Waals surface area contributed by atoms with Crippen LogP contribution in [0.4, 0.5) is 5.82 Å². The van der Waals surface area contributed by atoms with E-state index < -0.39 is 0 Å². The van der Waals surface area contributed by atoms with Crippen LogP contribution in [0.2, 0.25) is 0 Å². The van der Waals surface area contributed by atoms with Crippen LogP contribution in [0.15, 0.2) is 65.1 Å². The van der Waals surface area contributed by atoms with Crippen LogP contribution < -0.4 is 5.32 Å². The molecule has 2 aromatic carbocycles. The summed E-state index contributed by atoms with van der Waals surface area (Å²) in [6.07, 6.45) is 0. The number of amides is 1. The van der Waals surface area contributed by atoms with Crippen molar-refractivity contribution in [3.63, 3.8) is 0 Å². The third-order valence-electron chi connectivity index (χ3n) is 3.02. The van der Waals surface area contributed by atoms with E-state index in [0.717, 1.165) is 15.7 Å². The van der Waals surface area contributed by atoms with Crippen LogP contribution in [-0.4, -0.2) is 16.1 Å². The molecule has 0 unspecified atom stereocenters. The van der Waals surface area contributed by atoms with Gasteiger partial charge in [0, 0.05) is 10.5 Å². The van der Waals surface area contributed by atoms with Crippen LogP contribution in [-0.2, 0) is 0 Å². The normalized spacial score (nSPS) is 10.3. The van der Waals surface area contributed by atoms with Crippen molar-refractivity contribution in [1.82, 2.24) is 10.2 Å². The number of carbonyl (C=O) groups excluding carboxylic acids is 1. The van der Waals surface area contributed by atoms with Crippen LogP contribution in [0.1, 0.15) is 10.4 Å². The summed E-state index contributed by atoms with van der Waals surface area (Å²) in [5.41, 5.74) is 2.45. The van der Waals surface area contributed by atoms with Gasteiger partial charge in [0.25, 0.3) is 5.91 Å². The molecule has 1 aromatic heterocycles. The Morgan fingerprint density at radius 2 is 1.76 bits per heavy atom. The number of benzene rings is 2. The molecule has 3 aromatic rings. The summed E-state index contributed by atoms with van der Waals surface area (Å²) in [4.78, 5) is 12.2. The van der Waals surface area contributed by atoms with E-state index in [2.05, 4.69) is 31.4 Å². The van der Waals surface area contributed by atoms with Gasteiger partial charge in [0.2, 0.25) is 0 Å². The van der Waals surface area contributed by atoms with Crippen molar-refractivity contribution in [2.24, 2.45) is 0 Å². The summed E-state index contributed by atoms with van der Waals surface area (Å²) in [6.45, 7) is 0. The maximum atomic E-state index is 12.2. The minimum Gasteiger partial charge on any atom is -0.305 e. The number of nitrogens with one attached hydrogen (secondary N) is 2. The Kier molecular flexibility index (Phi) is 3.83. The van der Waals surface area contributed by atoms with Gasteiger partial charge in [0.05, 0.1) is 11.3 Å². The Balaban J connectivity index is 1.79. The molecule has 0 saturated carbocycles. The van der Waals surface area contributed by atoms with Gasteiger partial charge < -0.3 is 5.32 Å². The zero-order valence-electron chi connectivity index (χ0n) is 11.0. The number of aromatic amines is 1. The van der Waals surface area contributed by atoms with Crippen molar-refractivity contribution in [1.29, 1.82) is 0 Å². The second-order valence-electron chi connectivity index (χ2n) is 4.47. The quantitative estimate of drug-likeness (QED) is 0.753. The fraction of sp³-hybridized carbons (Fsp3) is 0. The Hall–Kier alpha value is -2.40. The summed E-state index contributed by atoms with van der Waals surface area (Å²) in [5.74, 6) is 0.295. The van der Waals surface area contributed by atoms with Crippen molar-refractivity contribution >= 4 is 27.7 Å². The molecule has 0 aliphatic rings. The van der Waals surface area contributed by atoms with E-state index in [4.69, 9.17) is 0 Å². The van der Waals surface area contributed by atoms with E-state index in [1.165, 1.54) is 0 Å². The molecule has 0 radical (unpaired) electrons. The zero-order valence-corrected chi connectivity index (χ0v) is 12.6. The van der Waals surface area contributed by atoms with Crippen molar-refractivity contribution in [3.8, 4) is 11.3 Å². The number of hydrogen-bond acceptors (Lipinski definition) is 2. The summed E-state index contributed by atoms with van der Waals surface area (Å²) < 4.78 is 0.751. The van der Waals surface area contributed by atoms with E-state index in [1.807, 2.05) is 54.6 Å². The lowest BCUT2D eigenvalue weighted by molar-refractivity contribution is 0.102. The van der Waals surface area contributed by atoms with Crippen LogP contribution in [0, 0.1) is 0 Å². The van der Waals surface area contributed by atoms with E-state index in [1.54, 1.807) is 6.07 Å². The molecule has 1 amide bonds. The number of rotatable bonds is 3. The molecule has 1 heterocycles. The van der Waals surface area contributed by atoms with Gasteiger partial charge in [-0.25, -0.2) is 0 Å². The largest absolute Gasteiger partial charge is 0.305 e. The van der Waals surface area contributed by atoms with Gasteiger partial charge in [-0.3, -0.25) is 9.89 Å². The minimum atomic E-state index is -0.200. The predicted molar refractivity (Wildman–Crippen MR) is 86.1 cm³/mol. The number of nitrogens with zero attached hydrogens (tertiary/aromatic N) is 1. The van der Waals surface area contributed by atoms with Gasteiger partial charge in [-0.1, -0.05) is 42.5 Å². The molecule has 2 N–H and O–H groups in total. The van der Waals surface area contributed by atoms with E-state index in [9.17, 15) is 4.79 Å². The molecule has 0 bridgehead atoms. The maximum absolute atomic E-state index is 12.2. The lowest BCUT2D eigenvalue weighted by Crippen LogP contribution is -2.12. The highest BCUT2D eigenvalue weighted by Crippen LogP contribution is 2.21. The number of aromatic nitrogens is 2. The minimum absolute atomic E-state index is 0.200. The summed E-state index contributed by atoms with van der Waals surface area (Å²) >= 11 is 3.36. The van der Waals surface area contributed by atoms with Crippen molar-refractivity contribution in [2.45, 2.75) is 0 Å². The van der Waals surface area contributed by atoms with E-state index >= 15 is 0 Å². The average Bonchev–Trinajstić information content (AvgIpc) is 2.97. The van der Waals surface area contributed by atoms with Crippen molar-refractivity contribution < 1.29 is 4.79 Å². The Bertz CT molecular complexity index is 768. The first-order valence-electron chi connectivity index (χ1n) is 6.41. The first-order chi connectivity index (χ1) is 10.2. The third-order valence-corrected chi connectivity index (χ3v) is 3.71. The van der Waals surface area contributed by atoms with Crippen LogP contribution in [0.5, 0.6) is 0 Å². The number of anilines is 1. The maximum Gasteiger partial charge on any atom is 0.258 e. The number of halogens is 1. The first kappa shape index (κ1) is 13.6. The first-order valence-corrected chi connectivity index (χ1v) is 7.20. The average molecular weight is 342 g/mol. The zero-order chi connectivity index (χ0) is 14.7. The molecule has 21 heavy (non-hydrogen) atoms. The fourth-order valence-corrected chi connectivity index (χ4v) is 2.45. The molecule has 0 atom stereocenters. The Labute approximate surface area is 130 Å². The molecule has 5 heteroatoms. The van der Waals surface area contributed by atoms with E-state index in [0.29, 0.717) is 11.4 Å². The van der Waals surface area contributed by atoms with Crippen LogP contribution in [0.25, 0.3) is 11.3 Å². The van der Waals surface area contributed by atoms with Crippen molar-refractivity contribution in [3.05, 3.63) is 70.7 Å². The van der Waals surface area contributed by atoms with Gasteiger partial charge >= 0.3 is 0 Å². The molecule has 104 valence electrons. The van der Waals surface area contributed by atoms with Gasteiger partial charge in [0.1, 0.15) is 0 Å². The SMILES string of the molecule is O=C(Nc1cc(-c2ccccc2)[nH]n1)c1ccccc1Br. The molecule has 4 nitrogen and oxygen atoms in total. The summed E-state index contributed by atoms with van der Waals surface area (Å²) in [6, 6.07) is 18.9. The van der Waals surface area contributed by atoms with Gasteiger partial charge in [0.15, 0.2) is 5.82 Å². The smallest absolute Gasteiger partial charge is 0.258 e. The molecule has 0 saturated heterocycles. The predicted octanol–water partition coefficient (Wildman–Crippen LogP) is 4.09. The summed E-state index contributed by atoms with van der Waals surface area (Å²) in [5, 5.41) is 9.81. The molecular weight excluding hydrogens is 330 g/mol. The molecule has 3 rings (SSSR count). The molecule has 0 aliphatic heterocycles.